The van der Waals surface area contributed by atoms with Gasteiger partial charge in [-0.1, -0.05) is 34.1 Å². The molecule has 6 heteroatoms. The average Bonchev–Trinajstić information content (AvgIpc) is 3.07. The number of H-pyrrole nitrogens is 1. The SMILES string of the molecule is Cc1cc(Br)ccc1NC(=O)CN(C)[C@@H](C)C(=O)c1c[nH]c2ccccc12. The third-order valence-corrected chi connectivity index (χ3v) is 5.24. The van der Waals surface area contributed by atoms with Crippen LogP contribution in [0.4, 0.5) is 5.69 Å². The molecular weight excluding hydrogens is 406 g/mol. The van der Waals surface area contributed by atoms with Gasteiger partial charge in [-0.2, -0.15) is 0 Å². The molecule has 0 saturated heterocycles. The molecule has 1 amide bonds. The lowest BCUT2D eigenvalue weighted by atomic mass is 10.0. The van der Waals surface area contributed by atoms with Crippen molar-refractivity contribution < 1.29 is 9.59 Å². The van der Waals surface area contributed by atoms with Crippen LogP contribution in [0.3, 0.4) is 0 Å². The Morgan fingerprint density at radius 2 is 1.96 bits per heavy atom. The molecular formula is C21H22BrN3O2. The number of halogens is 1. The molecule has 0 spiro atoms. The summed E-state index contributed by atoms with van der Waals surface area (Å²) >= 11 is 3.41. The fourth-order valence-corrected chi connectivity index (χ4v) is 3.50. The van der Waals surface area contributed by atoms with Gasteiger partial charge in [0.2, 0.25) is 5.91 Å². The fourth-order valence-electron chi connectivity index (χ4n) is 3.02. The van der Waals surface area contributed by atoms with Crippen molar-refractivity contribution in [2.45, 2.75) is 19.9 Å². The zero-order valence-electron chi connectivity index (χ0n) is 15.5. The van der Waals surface area contributed by atoms with Gasteiger partial charge in [-0.05, 0) is 50.7 Å². The minimum atomic E-state index is -0.416. The predicted octanol–water partition coefficient (Wildman–Crippen LogP) is 4.38. The monoisotopic (exact) mass is 427 g/mol. The van der Waals surface area contributed by atoms with Gasteiger partial charge in [0.05, 0.1) is 12.6 Å². The number of rotatable bonds is 6. The summed E-state index contributed by atoms with van der Waals surface area (Å²) in [5.41, 5.74) is 3.32. The summed E-state index contributed by atoms with van der Waals surface area (Å²) in [5, 5.41) is 3.81. The van der Waals surface area contributed by atoms with Gasteiger partial charge in [0.15, 0.2) is 5.78 Å². The molecule has 0 aliphatic carbocycles. The first-order valence-corrected chi connectivity index (χ1v) is 9.52. The number of likely N-dealkylation sites (N-methyl/N-ethyl adjacent to an activating group) is 1. The van der Waals surface area contributed by atoms with Crippen LogP contribution >= 0.6 is 15.9 Å². The highest BCUT2D eigenvalue weighted by atomic mass is 79.9. The van der Waals surface area contributed by atoms with E-state index in [9.17, 15) is 9.59 Å². The maximum Gasteiger partial charge on any atom is 0.238 e. The topological polar surface area (TPSA) is 65.2 Å². The molecule has 1 atom stereocenters. The van der Waals surface area contributed by atoms with E-state index >= 15 is 0 Å². The second kappa shape index (κ2) is 8.06. The molecule has 0 saturated carbocycles. The summed E-state index contributed by atoms with van der Waals surface area (Å²) in [7, 11) is 1.78. The number of aryl methyl sites for hydroxylation is 1. The minimum Gasteiger partial charge on any atom is -0.360 e. The van der Waals surface area contributed by atoms with Gasteiger partial charge in [-0.25, -0.2) is 0 Å². The van der Waals surface area contributed by atoms with Gasteiger partial charge in [0, 0.05) is 32.8 Å². The Bertz CT molecular complexity index is 996. The Hall–Kier alpha value is -2.44. The van der Waals surface area contributed by atoms with Crippen LogP contribution in [-0.4, -0.2) is 41.2 Å². The fraction of sp³-hybridized carbons (Fsp3) is 0.238. The van der Waals surface area contributed by atoms with Crippen molar-refractivity contribution in [2.24, 2.45) is 0 Å². The Kier molecular flexibility index (Phi) is 5.77. The first kappa shape index (κ1) is 19.3. The lowest BCUT2D eigenvalue weighted by molar-refractivity contribution is -0.117. The molecule has 0 aliphatic rings. The molecule has 5 nitrogen and oxygen atoms in total. The quantitative estimate of drug-likeness (QED) is 0.573. The maximum atomic E-state index is 12.9. The molecule has 3 rings (SSSR count). The number of carbonyl (C=O) groups excluding carboxylic acids is 2. The molecule has 1 heterocycles. The minimum absolute atomic E-state index is 0.0115. The molecule has 3 aromatic rings. The Balaban J connectivity index is 1.67. The van der Waals surface area contributed by atoms with Crippen LogP contribution in [0.25, 0.3) is 10.9 Å². The molecule has 0 aliphatic heterocycles. The smallest absolute Gasteiger partial charge is 0.238 e. The summed E-state index contributed by atoms with van der Waals surface area (Å²) in [6.45, 7) is 3.89. The molecule has 0 unspecified atom stereocenters. The maximum absolute atomic E-state index is 12.9. The summed E-state index contributed by atoms with van der Waals surface area (Å²) in [4.78, 5) is 30.2. The average molecular weight is 428 g/mol. The van der Waals surface area contributed by atoms with Crippen LogP contribution in [0, 0.1) is 6.92 Å². The molecule has 0 bridgehead atoms. The lowest BCUT2D eigenvalue weighted by Crippen LogP contribution is -2.40. The van der Waals surface area contributed by atoms with Crippen LogP contribution < -0.4 is 5.32 Å². The first-order chi connectivity index (χ1) is 12.9. The van der Waals surface area contributed by atoms with E-state index in [1.54, 1.807) is 18.1 Å². The highest BCUT2D eigenvalue weighted by Gasteiger charge is 2.23. The van der Waals surface area contributed by atoms with E-state index in [2.05, 4.69) is 26.2 Å². The van der Waals surface area contributed by atoms with E-state index < -0.39 is 6.04 Å². The van der Waals surface area contributed by atoms with E-state index in [-0.39, 0.29) is 18.2 Å². The van der Waals surface area contributed by atoms with Crippen molar-refractivity contribution in [2.75, 3.05) is 18.9 Å². The number of aromatic amines is 1. The van der Waals surface area contributed by atoms with Crippen molar-refractivity contribution in [1.29, 1.82) is 0 Å². The molecule has 140 valence electrons. The zero-order valence-corrected chi connectivity index (χ0v) is 17.1. The summed E-state index contributed by atoms with van der Waals surface area (Å²) in [6.07, 6.45) is 1.74. The van der Waals surface area contributed by atoms with Crippen LogP contribution in [0.5, 0.6) is 0 Å². The zero-order chi connectivity index (χ0) is 19.6. The predicted molar refractivity (Wildman–Crippen MR) is 112 cm³/mol. The third kappa shape index (κ3) is 4.28. The standard InChI is InChI=1S/C21H22BrN3O2/c1-13-10-15(22)8-9-18(13)24-20(26)12-25(3)14(2)21(27)17-11-23-19-7-5-4-6-16(17)19/h4-11,14,23H,12H2,1-3H3,(H,24,26)/t14-/m0/s1. The number of fused-ring (bicyclic) bond motifs is 1. The number of ketones is 1. The number of nitrogens with one attached hydrogen (secondary N) is 2. The van der Waals surface area contributed by atoms with E-state index in [1.807, 2.05) is 56.3 Å². The molecule has 1 aromatic heterocycles. The van der Waals surface area contributed by atoms with Crippen LogP contribution in [0.2, 0.25) is 0 Å². The summed E-state index contributed by atoms with van der Waals surface area (Å²) in [5.74, 6) is -0.163. The van der Waals surface area contributed by atoms with Crippen molar-refractivity contribution in [3.63, 3.8) is 0 Å². The van der Waals surface area contributed by atoms with Gasteiger partial charge >= 0.3 is 0 Å². The van der Waals surface area contributed by atoms with Crippen molar-refractivity contribution in [1.82, 2.24) is 9.88 Å². The number of hydrogen-bond acceptors (Lipinski definition) is 3. The first-order valence-electron chi connectivity index (χ1n) is 8.73. The number of amides is 1. The molecule has 2 aromatic carbocycles. The molecule has 27 heavy (non-hydrogen) atoms. The number of carbonyl (C=O) groups is 2. The third-order valence-electron chi connectivity index (χ3n) is 4.75. The second-order valence-corrected chi connectivity index (χ2v) is 7.63. The van der Waals surface area contributed by atoms with Crippen LogP contribution in [-0.2, 0) is 4.79 Å². The van der Waals surface area contributed by atoms with Gasteiger partial charge in [0.25, 0.3) is 0 Å². The van der Waals surface area contributed by atoms with Gasteiger partial charge < -0.3 is 10.3 Å². The Labute approximate surface area is 166 Å². The van der Waals surface area contributed by atoms with Crippen molar-refractivity contribution >= 4 is 44.2 Å². The van der Waals surface area contributed by atoms with Crippen molar-refractivity contribution in [3.05, 3.63) is 64.3 Å². The van der Waals surface area contributed by atoms with Gasteiger partial charge in [0.1, 0.15) is 0 Å². The largest absolute Gasteiger partial charge is 0.360 e. The molecule has 0 radical (unpaired) electrons. The normalized spacial score (nSPS) is 12.3. The Morgan fingerprint density at radius 1 is 1.22 bits per heavy atom. The van der Waals surface area contributed by atoms with E-state index in [0.29, 0.717) is 5.56 Å². The number of para-hydroxylation sites is 1. The van der Waals surface area contributed by atoms with Crippen LogP contribution in [0.15, 0.2) is 53.1 Å². The van der Waals surface area contributed by atoms with E-state index in [4.69, 9.17) is 0 Å². The summed E-state index contributed by atoms with van der Waals surface area (Å²) < 4.78 is 0.966. The number of hydrogen-bond donors (Lipinski definition) is 2. The van der Waals surface area contributed by atoms with Crippen molar-refractivity contribution in [3.8, 4) is 0 Å². The number of nitrogens with zero attached hydrogens (tertiary/aromatic N) is 1. The number of anilines is 1. The van der Waals surface area contributed by atoms with Gasteiger partial charge in [-0.3, -0.25) is 14.5 Å². The molecule has 0 fully saturated rings. The molecule has 2 N–H and O–H groups in total. The highest BCUT2D eigenvalue weighted by Crippen LogP contribution is 2.21. The number of benzene rings is 2. The van der Waals surface area contributed by atoms with Crippen LogP contribution in [0.1, 0.15) is 22.8 Å². The van der Waals surface area contributed by atoms with E-state index in [0.717, 1.165) is 26.6 Å². The number of Topliss-reactive ketones (excluding diaryl/α,β-unsaturated/α-hetero) is 1. The summed E-state index contributed by atoms with van der Waals surface area (Å²) in [6, 6.07) is 13.0. The Morgan fingerprint density at radius 3 is 2.70 bits per heavy atom. The van der Waals surface area contributed by atoms with E-state index in [1.165, 1.54) is 0 Å². The second-order valence-electron chi connectivity index (χ2n) is 6.71. The number of aromatic nitrogens is 1. The lowest BCUT2D eigenvalue weighted by Gasteiger charge is -2.23. The van der Waals surface area contributed by atoms with Gasteiger partial charge in [-0.15, -0.1) is 0 Å². The highest BCUT2D eigenvalue weighted by molar-refractivity contribution is 9.10.